The number of rotatable bonds is 7. The molecule has 2 heteroatoms. The maximum absolute atomic E-state index is 10.2. The zero-order chi connectivity index (χ0) is 13.5. The van der Waals surface area contributed by atoms with Gasteiger partial charge in [0.05, 0.1) is 6.10 Å². The third kappa shape index (κ3) is 4.79. The molecule has 0 fully saturated rings. The Hall–Kier alpha value is -0.860. The number of ether oxygens (including phenoxy) is 1. The van der Waals surface area contributed by atoms with E-state index >= 15 is 0 Å². The maximum atomic E-state index is 10.2. The van der Waals surface area contributed by atoms with Gasteiger partial charge in [-0.2, -0.15) is 0 Å². The average Bonchev–Trinajstić information content (AvgIpc) is 2.37. The van der Waals surface area contributed by atoms with Crippen LogP contribution in [0.5, 0.6) is 0 Å². The highest BCUT2D eigenvalue weighted by molar-refractivity contribution is 5.24. The molecule has 0 aliphatic rings. The molecule has 0 aliphatic carbocycles. The van der Waals surface area contributed by atoms with Crippen molar-refractivity contribution in [2.75, 3.05) is 6.61 Å². The van der Waals surface area contributed by atoms with Gasteiger partial charge in [0.15, 0.2) is 0 Å². The Bertz CT molecular complexity index is 329. The Morgan fingerprint density at radius 1 is 1.11 bits per heavy atom. The van der Waals surface area contributed by atoms with Crippen LogP contribution in [0.3, 0.4) is 0 Å². The lowest BCUT2D eigenvalue weighted by atomic mass is 10.0. The molecule has 102 valence electrons. The fourth-order valence-corrected chi connectivity index (χ4v) is 1.80. The first-order chi connectivity index (χ1) is 8.54. The molecule has 0 aromatic heterocycles. The van der Waals surface area contributed by atoms with Crippen LogP contribution < -0.4 is 0 Å². The summed E-state index contributed by atoms with van der Waals surface area (Å²) in [5.41, 5.74) is 2.23. The van der Waals surface area contributed by atoms with E-state index in [0.29, 0.717) is 12.5 Å². The Morgan fingerprint density at radius 3 is 2.22 bits per heavy atom. The van der Waals surface area contributed by atoms with Crippen LogP contribution in [-0.4, -0.2) is 17.8 Å². The van der Waals surface area contributed by atoms with E-state index in [0.717, 1.165) is 18.4 Å². The number of hydrogen-bond acceptors (Lipinski definition) is 2. The summed E-state index contributed by atoms with van der Waals surface area (Å²) in [7, 11) is 0. The average molecular weight is 250 g/mol. The number of benzene rings is 1. The van der Waals surface area contributed by atoms with Gasteiger partial charge in [-0.25, -0.2) is 0 Å². The van der Waals surface area contributed by atoms with Crippen LogP contribution in [0, 0.1) is 5.92 Å². The molecule has 0 heterocycles. The summed E-state index contributed by atoms with van der Waals surface area (Å²) in [6.45, 7) is 9.12. The molecular formula is C16H26O2. The summed E-state index contributed by atoms with van der Waals surface area (Å²) in [5.74, 6) is 0.637. The van der Waals surface area contributed by atoms with Gasteiger partial charge in [-0.1, -0.05) is 45.0 Å². The molecule has 0 bridgehead atoms. The van der Waals surface area contributed by atoms with Gasteiger partial charge in [0.25, 0.3) is 0 Å². The molecule has 2 nitrogen and oxygen atoms in total. The largest absolute Gasteiger partial charge is 0.386 e. The third-order valence-corrected chi connectivity index (χ3v) is 3.25. The first kappa shape index (κ1) is 15.2. The molecule has 0 saturated carbocycles. The Kier molecular flexibility index (Phi) is 6.37. The molecule has 0 saturated heterocycles. The fraction of sp³-hybridized carbons (Fsp3) is 0.625. The van der Waals surface area contributed by atoms with Crippen LogP contribution in [0.2, 0.25) is 0 Å². The second kappa shape index (κ2) is 7.55. The standard InChI is InChI=1S/C16H26O2/c1-5-14-6-8-15(9-7-14)16(17)13(4)18-11-10-12(2)3/h6-9,12-13,16-17H,5,10-11H2,1-4H3. The quantitative estimate of drug-likeness (QED) is 0.799. The third-order valence-electron chi connectivity index (χ3n) is 3.25. The molecule has 2 unspecified atom stereocenters. The lowest BCUT2D eigenvalue weighted by Gasteiger charge is -2.20. The van der Waals surface area contributed by atoms with Crippen molar-refractivity contribution in [3.63, 3.8) is 0 Å². The van der Waals surface area contributed by atoms with Gasteiger partial charge in [0, 0.05) is 6.61 Å². The second-order valence-electron chi connectivity index (χ2n) is 5.30. The highest BCUT2D eigenvalue weighted by Crippen LogP contribution is 2.20. The molecule has 18 heavy (non-hydrogen) atoms. The fourth-order valence-electron chi connectivity index (χ4n) is 1.80. The summed E-state index contributed by atoms with van der Waals surface area (Å²) in [5, 5.41) is 10.2. The van der Waals surface area contributed by atoms with Gasteiger partial charge >= 0.3 is 0 Å². The predicted molar refractivity (Wildman–Crippen MR) is 75.6 cm³/mol. The second-order valence-corrected chi connectivity index (χ2v) is 5.30. The Labute approximate surface area is 111 Å². The molecular weight excluding hydrogens is 224 g/mol. The number of aliphatic hydroxyl groups excluding tert-OH is 1. The zero-order valence-electron chi connectivity index (χ0n) is 12.0. The molecule has 1 rings (SSSR count). The predicted octanol–water partition coefficient (Wildman–Crippen LogP) is 3.73. The summed E-state index contributed by atoms with van der Waals surface area (Å²) < 4.78 is 5.68. The Morgan fingerprint density at radius 2 is 1.72 bits per heavy atom. The van der Waals surface area contributed by atoms with E-state index in [9.17, 15) is 5.11 Å². The van der Waals surface area contributed by atoms with Crippen molar-refractivity contribution in [1.29, 1.82) is 0 Å². The molecule has 0 radical (unpaired) electrons. The molecule has 0 spiro atoms. The minimum Gasteiger partial charge on any atom is -0.386 e. The van der Waals surface area contributed by atoms with Crippen molar-refractivity contribution in [2.45, 2.75) is 52.7 Å². The smallest absolute Gasteiger partial charge is 0.105 e. The Balaban J connectivity index is 2.48. The topological polar surface area (TPSA) is 29.5 Å². The molecule has 1 aromatic rings. The summed E-state index contributed by atoms with van der Waals surface area (Å²) >= 11 is 0. The van der Waals surface area contributed by atoms with Crippen LogP contribution in [0.25, 0.3) is 0 Å². The molecule has 2 atom stereocenters. The van der Waals surface area contributed by atoms with Crippen LogP contribution >= 0.6 is 0 Å². The van der Waals surface area contributed by atoms with Gasteiger partial charge in [0.2, 0.25) is 0 Å². The molecule has 1 aromatic carbocycles. The molecule has 0 aliphatic heterocycles. The molecule has 1 N–H and O–H groups in total. The van der Waals surface area contributed by atoms with Crippen molar-refractivity contribution in [3.8, 4) is 0 Å². The van der Waals surface area contributed by atoms with Crippen molar-refractivity contribution in [2.24, 2.45) is 5.92 Å². The highest BCUT2D eigenvalue weighted by Gasteiger charge is 2.16. The number of hydrogen-bond donors (Lipinski definition) is 1. The highest BCUT2D eigenvalue weighted by atomic mass is 16.5. The van der Waals surface area contributed by atoms with Crippen LogP contribution in [0.15, 0.2) is 24.3 Å². The van der Waals surface area contributed by atoms with Gasteiger partial charge in [0.1, 0.15) is 6.10 Å². The van der Waals surface area contributed by atoms with Crippen LogP contribution in [0.4, 0.5) is 0 Å². The first-order valence-corrected chi connectivity index (χ1v) is 6.93. The lowest BCUT2D eigenvalue weighted by Crippen LogP contribution is -2.19. The number of aliphatic hydroxyl groups is 1. The van der Waals surface area contributed by atoms with Crippen molar-refractivity contribution < 1.29 is 9.84 Å². The minimum absolute atomic E-state index is 0.156. The first-order valence-electron chi connectivity index (χ1n) is 6.93. The van der Waals surface area contributed by atoms with Crippen molar-refractivity contribution >= 4 is 0 Å². The maximum Gasteiger partial charge on any atom is 0.105 e. The normalized spacial score (nSPS) is 14.8. The molecule has 0 amide bonds. The van der Waals surface area contributed by atoms with Gasteiger partial charge in [-0.3, -0.25) is 0 Å². The van der Waals surface area contributed by atoms with E-state index in [-0.39, 0.29) is 6.10 Å². The zero-order valence-corrected chi connectivity index (χ0v) is 12.0. The summed E-state index contributed by atoms with van der Waals surface area (Å²) in [6.07, 6.45) is 1.36. The lowest BCUT2D eigenvalue weighted by molar-refractivity contribution is -0.0311. The van der Waals surface area contributed by atoms with Gasteiger partial charge in [-0.05, 0) is 36.8 Å². The van der Waals surface area contributed by atoms with E-state index in [1.54, 1.807) is 0 Å². The minimum atomic E-state index is -0.539. The summed E-state index contributed by atoms with van der Waals surface area (Å²) in [4.78, 5) is 0. The monoisotopic (exact) mass is 250 g/mol. The van der Waals surface area contributed by atoms with E-state index in [4.69, 9.17) is 4.74 Å². The van der Waals surface area contributed by atoms with Gasteiger partial charge in [-0.15, -0.1) is 0 Å². The van der Waals surface area contributed by atoms with E-state index in [1.165, 1.54) is 5.56 Å². The van der Waals surface area contributed by atoms with E-state index < -0.39 is 6.10 Å². The van der Waals surface area contributed by atoms with Crippen LogP contribution in [0.1, 0.15) is 51.3 Å². The SMILES string of the molecule is CCc1ccc(C(O)C(C)OCCC(C)C)cc1. The number of aryl methyl sites for hydroxylation is 1. The van der Waals surface area contributed by atoms with Gasteiger partial charge < -0.3 is 9.84 Å². The van der Waals surface area contributed by atoms with Crippen molar-refractivity contribution in [1.82, 2.24) is 0 Å². The van der Waals surface area contributed by atoms with E-state index in [2.05, 4.69) is 32.9 Å². The summed E-state index contributed by atoms with van der Waals surface area (Å²) in [6, 6.07) is 8.12. The van der Waals surface area contributed by atoms with Crippen molar-refractivity contribution in [3.05, 3.63) is 35.4 Å². The van der Waals surface area contributed by atoms with E-state index in [1.807, 2.05) is 19.1 Å². The van der Waals surface area contributed by atoms with Crippen LogP contribution in [-0.2, 0) is 11.2 Å².